The minimum atomic E-state index is -4.22. The molecule has 0 aliphatic heterocycles. The van der Waals surface area contributed by atoms with E-state index in [1.165, 1.54) is 17.0 Å². The van der Waals surface area contributed by atoms with Gasteiger partial charge in [-0.25, -0.2) is 13.1 Å². The van der Waals surface area contributed by atoms with Crippen molar-refractivity contribution in [3.63, 3.8) is 0 Å². The summed E-state index contributed by atoms with van der Waals surface area (Å²) < 4.78 is 28.2. The van der Waals surface area contributed by atoms with Crippen molar-refractivity contribution in [2.75, 3.05) is 18.4 Å². The molecular weight excluding hydrogens is 478 g/mol. The zero-order valence-corrected chi connectivity index (χ0v) is 20.8. The van der Waals surface area contributed by atoms with Crippen molar-refractivity contribution >= 4 is 44.2 Å². The van der Waals surface area contributed by atoms with E-state index < -0.39 is 33.7 Å². The molecule has 186 valence electrons. The first-order valence-electron chi connectivity index (χ1n) is 11.4. The molecule has 3 aromatic rings. The van der Waals surface area contributed by atoms with Crippen molar-refractivity contribution in [1.29, 1.82) is 0 Å². The standard InChI is InChI=1S/C27H27N3O5S/c1-4-25(31)28-22-14-11-19(12-15-22)17-24(27(33)30(5-2)6-3)26(32)29-36(34,35)23-16-13-20-9-7-8-10-21(20)18-23/h1,7-16,18,24H,5-6,17H2,2-3H3,(H,28,31)(H,29,32). The number of fused-ring (bicyclic) bond motifs is 1. The lowest BCUT2D eigenvalue weighted by Crippen LogP contribution is -2.46. The van der Waals surface area contributed by atoms with Crippen LogP contribution in [0.25, 0.3) is 10.8 Å². The van der Waals surface area contributed by atoms with E-state index in [1.54, 1.807) is 56.3 Å². The fraction of sp³-hybridized carbons (Fsp3) is 0.222. The Morgan fingerprint density at radius 3 is 2.19 bits per heavy atom. The predicted octanol–water partition coefficient (Wildman–Crippen LogP) is 2.94. The van der Waals surface area contributed by atoms with Crippen molar-refractivity contribution in [3.05, 3.63) is 72.3 Å². The maximum atomic E-state index is 13.2. The first kappa shape index (κ1) is 26.4. The molecule has 3 rings (SSSR count). The van der Waals surface area contributed by atoms with E-state index in [0.29, 0.717) is 29.7 Å². The SMILES string of the molecule is C#CC(=O)Nc1ccc(CC(C(=O)NS(=O)(=O)c2ccc3ccccc3c2)C(=O)N(CC)CC)cc1. The van der Waals surface area contributed by atoms with Crippen molar-refractivity contribution < 1.29 is 22.8 Å². The highest BCUT2D eigenvalue weighted by Gasteiger charge is 2.33. The summed E-state index contributed by atoms with van der Waals surface area (Å²) in [6, 6.07) is 18.3. The van der Waals surface area contributed by atoms with Crippen molar-refractivity contribution in [2.45, 2.75) is 25.2 Å². The summed E-state index contributed by atoms with van der Waals surface area (Å²) in [5.74, 6) is -1.31. The first-order chi connectivity index (χ1) is 17.2. The van der Waals surface area contributed by atoms with E-state index in [0.717, 1.165) is 5.39 Å². The number of hydrogen-bond donors (Lipinski definition) is 2. The molecule has 0 spiro atoms. The Bertz CT molecular complexity index is 1420. The molecular formula is C27H27N3O5S. The molecule has 9 heteroatoms. The molecule has 3 amide bonds. The van der Waals surface area contributed by atoms with Gasteiger partial charge in [0, 0.05) is 18.8 Å². The van der Waals surface area contributed by atoms with Crippen molar-refractivity contribution in [3.8, 4) is 12.3 Å². The summed E-state index contributed by atoms with van der Waals surface area (Å²) in [6.07, 6.45) is 5.03. The molecule has 36 heavy (non-hydrogen) atoms. The summed E-state index contributed by atoms with van der Waals surface area (Å²) in [6.45, 7) is 4.30. The number of anilines is 1. The molecule has 2 N–H and O–H groups in total. The molecule has 0 heterocycles. The average molecular weight is 506 g/mol. The topological polar surface area (TPSA) is 113 Å². The number of nitrogens with one attached hydrogen (secondary N) is 2. The third kappa shape index (κ3) is 6.29. The molecule has 0 aromatic heterocycles. The third-order valence-corrected chi connectivity index (χ3v) is 7.08. The van der Waals surface area contributed by atoms with Crippen LogP contribution in [0.5, 0.6) is 0 Å². The van der Waals surface area contributed by atoms with Gasteiger partial charge in [-0.15, -0.1) is 6.42 Å². The summed E-state index contributed by atoms with van der Waals surface area (Å²) in [5, 5.41) is 4.08. The molecule has 0 aliphatic rings. The second-order valence-electron chi connectivity index (χ2n) is 8.04. The third-order valence-electron chi connectivity index (χ3n) is 5.74. The van der Waals surface area contributed by atoms with E-state index in [-0.39, 0.29) is 11.3 Å². The number of sulfonamides is 1. The summed E-state index contributed by atoms with van der Waals surface area (Å²) >= 11 is 0. The van der Waals surface area contributed by atoms with Gasteiger partial charge >= 0.3 is 0 Å². The molecule has 1 unspecified atom stereocenters. The molecule has 0 saturated heterocycles. The van der Waals surface area contributed by atoms with Gasteiger partial charge in [0.05, 0.1) is 4.90 Å². The maximum absolute atomic E-state index is 13.2. The molecule has 0 radical (unpaired) electrons. The van der Waals surface area contributed by atoms with Gasteiger partial charge < -0.3 is 10.2 Å². The Hall–Kier alpha value is -4.16. The van der Waals surface area contributed by atoms with E-state index in [2.05, 4.69) is 10.0 Å². The van der Waals surface area contributed by atoms with E-state index in [1.807, 2.05) is 18.1 Å². The highest BCUT2D eigenvalue weighted by atomic mass is 32.2. The van der Waals surface area contributed by atoms with E-state index >= 15 is 0 Å². The van der Waals surface area contributed by atoms with Gasteiger partial charge in [-0.05, 0) is 66.8 Å². The molecule has 0 aliphatic carbocycles. The maximum Gasteiger partial charge on any atom is 0.300 e. The molecule has 8 nitrogen and oxygen atoms in total. The fourth-order valence-corrected chi connectivity index (χ4v) is 4.83. The van der Waals surface area contributed by atoms with Crippen LogP contribution in [0.4, 0.5) is 5.69 Å². The second-order valence-corrected chi connectivity index (χ2v) is 9.72. The first-order valence-corrected chi connectivity index (χ1v) is 12.9. The Labute approximate surface area is 210 Å². The number of amides is 3. The highest BCUT2D eigenvalue weighted by Crippen LogP contribution is 2.20. The minimum Gasteiger partial charge on any atom is -0.343 e. The van der Waals surface area contributed by atoms with Gasteiger partial charge in [-0.3, -0.25) is 14.4 Å². The van der Waals surface area contributed by atoms with Crippen LogP contribution < -0.4 is 10.0 Å². The fourth-order valence-electron chi connectivity index (χ4n) is 3.77. The van der Waals surface area contributed by atoms with Crippen LogP contribution in [0.2, 0.25) is 0 Å². The van der Waals surface area contributed by atoms with E-state index in [4.69, 9.17) is 6.42 Å². The molecule has 0 fully saturated rings. The number of carbonyl (C=O) groups excluding carboxylic acids is 3. The van der Waals surface area contributed by atoms with Crippen LogP contribution in [0, 0.1) is 18.3 Å². The summed E-state index contributed by atoms with van der Waals surface area (Å²) in [4.78, 5) is 39.2. The van der Waals surface area contributed by atoms with Gasteiger partial charge in [-0.2, -0.15) is 0 Å². The summed E-state index contributed by atoms with van der Waals surface area (Å²) in [7, 11) is -4.22. The van der Waals surface area contributed by atoms with Gasteiger partial charge in [-0.1, -0.05) is 42.5 Å². The average Bonchev–Trinajstić information content (AvgIpc) is 2.88. The van der Waals surface area contributed by atoms with Crippen LogP contribution in [0.1, 0.15) is 19.4 Å². The van der Waals surface area contributed by atoms with Gasteiger partial charge in [0.1, 0.15) is 5.92 Å². The largest absolute Gasteiger partial charge is 0.343 e. The quantitative estimate of drug-likeness (QED) is 0.343. The van der Waals surface area contributed by atoms with Crippen LogP contribution in [-0.4, -0.2) is 44.1 Å². The lowest BCUT2D eigenvalue weighted by atomic mass is 9.97. The Morgan fingerprint density at radius 1 is 0.944 bits per heavy atom. The highest BCUT2D eigenvalue weighted by molar-refractivity contribution is 7.90. The molecule has 0 saturated carbocycles. The van der Waals surface area contributed by atoms with Gasteiger partial charge in [0.25, 0.3) is 15.9 Å². The summed E-state index contributed by atoms with van der Waals surface area (Å²) in [5.41, 5.74) is 1.06. The Kier molecular flexibility index (Phi) is 8.46. The van der Waals surface area contributed by atoms with Gasteiger partial charge in [0.2, 0.25) is 11.8 Å². The number of nitrogens with zero attached hydrogens (tertiary/aromatic N) is 1. The number of hydrogen-bond acceptors (Lipinski definition) is 5. The Balaban J connectivity index is 1.86. The Morgan fingerprint density at radius 2 is 1.58 bits per heavy atom. The normalized spacial score (nSPS) is 11.8. The number of carbonyl (C=O) groups is 3. The smallest absolute Gasteiger partial charge is 0.300 e. The lowest BCUT2D eigenvalue weighted by Gasteiger charge is -2.24. The van der Waals surface area contributed by atoms with Crippen LogP contribution in [-0.2, 0) is 30.8 Å². The van der Waals surface area contributed by atoms with Crippen LogP contribution >= 0.6 is 0 Å². The number of benzene rings is 3. The zero-order valence-electron chi connectivity index (χ0n) is 20.0. The monoisotopic (exact) mass is 505 g/mol. The van der Waals surface area contributed by atoms with Gasteiger partial charge in [0.15, 0.2) is 0 Å². The second kappa shape index (κ2) is 11.5. The predicted molar refractivity (Wildman–Crippen MR) is 138 cm³/mol. The van der Waals surface area contributed by atoms with Crippen LogP contribution in [0.15, 0.2) is 71.6 Å². The number of rotatable bonds is 9. The van der Waals surface area contributed by atoms with Crippen LogP contribution in [0.3, 0.4) is 0 Å². The van der Waals surface area contributed by atoms with E-state index in [9.17, 15) is 22.8 Å². The molecule has 3 aromatic carbocycles. The minimum absolute atomic E-state index is 0.0300. The number of terminal acetylenes is 1. The molecule has 1 atom stereocenters. The zero-order chi connectivity index (χ0) is 26.3. The lowest BCUT2D eigenvalue weighted by molar-refractivity contribution is -0.141. The van der Waals surface area contributed by atoms with Crippen molar-refractivity contribution in [1.82, 2.24) is 9.62 Å². The van der Waals surface area contributed by atoms with Crippen molar-refractivity contribution in [2.24, 2.45) is 5.92 Å². The molecule has 0 bridgehead atoms.